The largest absolute Gasteiger partial charge is 0.373 e. The van der Waals surface area contributed by atoms with Crippen LogP contribution in [0.25, 0.3) is 0 Å². The number of likely N-dealkylation sites (N-methyl/N-ethyl adjacent to an activating group) is 1. The lowest BCUT2D eigenvalue weighted by molar-refractivity contribution is -0.166. The first-order chi connectivity index (χ1) is 9.76. The van der Waals surface area contributed by atoms with E-state index < -0.39 is 19.0 Å². The lowest BCUT2D eigenvalue weighted by Crippen LogP contribution is -2.37. The Morgan fingerprint density at radius 2 is 1.95 bits per heavy atom. The molecule has 0 aliphatic rings. The van der Waals surface area contributed by atoms with Gasteiger partial charge in [-0.3, -0.25) is 0 Å². The van der Waals surface area contributed by atoms with Crippen molar-refractivity contribution >= 4 is 23.2 Å². The molecule has 0 bridgehead atoms. The quantitative estimate of drug-likeness (QED) is 0.716. The number of rotatable bonds is 8. The van der Waals surface area contributed by atoms with E-state index in [4.69, 9.17) is 23.2 Å². The molecule has 0 saturated heterocycles. The van der Waals surface area contributed by atoms with Gasteiger partial charge in [-0.1, -0.05) is 29.3 Å². The molecule has 0 radical (unpaired) electrons. The average molecular weight is 348 g/mol. The van der Waals surface area contributed by atoms with Gasteiger partial charge in [-0.05, 0) is 31.2 Å². The number of alkyl halides is 4. The Morgan fingerprint density at radius 3 is 2.48 bits per heavy atom. The smallest absolute Gasteiger partial charge is 0.330 e. The van der Waals surface area contributed by atoms with Gasteiger partial charge in [-0.2, -0.15) is 8.78 Å². The minimum absolute atomic E-state index is 0.141. The predicted octanol–water partition coefficient (Wildman–Crippen LogP) is 4.04. The fourth-order valence-electron chi connectivity index (χ4n) is 1.60. The molecule has 0 heterocycles. The van der Waals surface area contributed by atoms with Crippen LogP contribution in [0.5, 0.6) is 0 Å². The fourth-order valence-corrected chi connectivity index (χ4v) is 2.08. The number of nitrogens with one attached hydrogen (secondary N) is 1. The topological polar surface area (TPSA) is 21.3 Å². The number of ether oxygens (including phenoxy) is 1. The third kappa shape index (κ3) is 5.98. The van der Waals surface area contributed by atoms with Gasteiger partial charge in [0.2, 0.25) is 0 Å². The molecule has 2 nitrogen and oxygen atoms in total. The summed E-state index contributed by atoms with van der Waals surface area (Å²) in [5.74, 6) is -4.14. The van der Waals surface area contributed by atoms with Crippen LogP contribution < -0.4 is 5.32 Å². The van der Waals surface area contributed by atoms with Gasteiger partial charge in [0.1, 0.15) is 6.61 Å². The van der Waals surface area contributed by atoms with E-state index in [-0.39, 0.29) is 12.6 Å². The van der Waals surface area contributed by atoms with Crippen LogP contribution >= 0.6 is 23.2 Å². The lowest BCUT2D eigenvalue weighted by Gasteiger charge is -2.20. The molecule has 0 amide bonds. The van der Waals surface area contributed by atoms with Crippen molar-refractivity contribution in [3.8, 4) is 0 Å². The van der Waals surface area contributed by atoms with Crippen molar-refractivity contribution in [2.24, 2.45) is 0 Å². The van der Waals surface area contributed by atoms with Crippen LogP contribution in [0.2, 0.25) is 10.0 Å². The van der Waals surface area contributed by atoms with Gasteiger partial charge < -0.3 is 10.1 Å². The lowest BCUT2D eigenvalue weighted by atomic mass is 10.1. The minimum Gasteiger partial charge on any atom is -0.373 e. The van der Waals surface area contributed by atoms with Gasteiger partial charge >= 0.3 is 12.3 Å². The van der Waals surface area contributed by atoms with E-state index in [9.17, 15) is 17.6 Å². The summed E-state index contributed by atoms with van der Waals surface area (Å²) in [6.45, 7) is -1.46. The van der Waals surface area contributed by atoms with Gasteiger partial charge in [-0.25, -0.2) is 8.78 Å². The summed E-state index contributed by atoms with van der Waals surface area (Å²) >= 11 is 11.8. The number of hydrogen-bond acceptors (Lipinski definition) is 2. The van der Waals surface area contributed by atoms with E-state index in [2.05, 4.69) is 10.1 Å². The van der Waals surface area contributed by atoms with Crippen molar-refractivity contribution < 1.29 is 22.3 Å². The molecule has 120 valence electrons. The maximum Gasteiger partial charge on any atom is 0.330 e. The first-order valence-electron chi connectivity index (χ1n) is 6.11. The van der Waals surface area contributed by atoms with E-state index >= 15 is 0 Å². The number of halogens is 6. The molecule has 1 N–H and O–H groups in total. The van der Waals surface area contributed by atoms with Crippen LogP contribution in [0.1, 0.15) is 5.56 Å². The SMILES string of the molecule is CNC(COCC(F)(F)C(F)F)Cc1ccc(Cl)cc1Cl. The Kier molecular flexibility index (Phi) is 7.20. The second-order valence-corrected chi connectivity index (χ2v) is 5.35. The number of hydrogen-bond donors (Lipinski definition) is 1. The molecule has 21 heavy (non-hydrogen) atoms. The Hall–Kier alpha value is -0.560. The van der Waals surface area contributed by atoms with Crippen molar-refractivity contribution in [3.63, 3.8) is 0 Å². The summed E-state index contributed by atoms with van der Waals surface area (Å²) < 4.78 is 54.1. The molecule has 1 unspecified atom stereocenters. The summed E-state index contributed by atoms with van der Waals surface area (Å²) in [4.78, 5) is 0. The summed E-state index contributed by atoms with van der Waals surface area (Å²) in [5.41, 5.74) is 0.754. The summed E-state index contributed by atoms with van der Waals surface area (Å²) in [6.07, 6.45) is -3.34. The van der Waals surface area contributed by atoms with E-state index in [1.54, 1.807) is 25.2 Å². The van der Waals surface area contributed by atoms with Crippen LogP contribution in [0.15, 0.2) is 18.2 Å². The maximum atomic E-state index is 12.7. The average Bonchev–Trinajstić information content (AvgIpc) is 2.39. The van der Waals surface area contributed by atoms with Crippen LogP contribution in [-0.2, 0) is 11.2 Å². The van der Waals surface area contributed by atoms with Crippen LogP contribution in [0, 0.1) is 0 Å². The van der Waals surface area contributed by atoms with Crippen LogP contribution in [0.3, 0.4) is 0 Å². The summed E-state index contributed by atoms with van der Waals surface area (Å²) in [6, 6.07) is 4.60. The van der Waals surface area contributed by atoms with Crippen LogP contribution in [0.4, 0.5) is 17.6 Å². The molecule has 0 spiro atoms. The zero-order valence-corrected chi connectivity index (χ0v) is 12.7. The van der Waals surface area contributed by atoms with Crippen molar-refractivity contribution in [2.45, 2.75) is 24.8 Å². The molecule has 1 aromatic carbocycles. The molecule has 1 atom stereocenters. The summed E-state index contributed by atoms with van der Waals surface area (Å²) in [7, 11) is 1.61. The minimum atomic E-state index is -4.14. The third-order valence-electron chi connectivity index (χ3n) is 2.82. The summed E-state index contributed by atoms with van der Waals surface area (Å²) in [5, 5.41) is 3.79. The number of benzene rings is 1. The molecule has 1 aromatic rings. The van der Waals surface area contributed by atoms with Gasteiger partial charge in [0, 0.05) is 16.1 Å². The molecule has 0 aromatic heterocycles. The maximum absolute atomic E-state index is 12.7. The predicted molar refractivity (Wildman–Crippen MR) is 74.8 cm³/mol. The highest BCUT2D eigenvalue weighted by molar-refractivity contribution is 6.35. The Balaban J connectivity index is 2.52. The molecule has 0 fully saturated rings. The fraction of sp³-hybridized carbons (Fsp3) is 0.538. The normalized spacial score (nSPS) is 13.7. The highest BCUT2D eigenvalue weighted by Gasteiger charge is 2.41. The van der Waals surface area contributed by atoms with Crippen LogP contribution in [-0.4, -0.2) is 38.7 Å². The second kappa shape index (κ2) is 8.17. The zero-order valence-electron chi connectivity index (χ0n) is 11.2. The first kappa shape index (κ1) is 18.5. The standard InChI is InChI=1S/C13H15Cl2F4NO/c1-20-10(6-21-7-13(18,19)12(16)17)4-8-2-3-9(14)5-11(8)15/h2-3,5,10,12,20H,4,6-7H2,1H3. The molecule has 8 heteroatoms. The monoisotopic (exact) mass is 347 g/mol. The van der Waals surface area contributed by atoms with Gasteiger partial charge in [0.15, 0.2) is 0 Å². The van der Waals surface area contributed by atoms with Crippen molar-refractivity contribution in [2.75, 3.05) is 20.3 Å². The first-order valence-corrected chi connectivity index (χ1v) is 6.86. The van der Waals surface area contributed by atoms with E-state index in [0.717, 1.165) is 5.56 Å². The van der Waals surface area contributed by atoms with E-state index in [1.165, 1.54) is 0 Å². The Labute approximate surface area is 130 Å². The zero-order chi connectivity index (χ0) is 16.0. The van der Waals surface area contributed by atoms with Gasteiger partial charge in [-0.15, -0.1) is 0 Å². The van der Waals surface area contributed by atoms with Crippen molar-refractivity contribution in [3.05, 3.63) is 33.8 Å². The van der Waals surface area contributed by atoms with Crippen molar-refractivity contribution in [1.29, 1.82) is 0 Å². The third-order valence-corrected chi connectivity index (χ3v) is 3.41. The van der Waals surface area contributed by atoms with Gasteiger partial charge in [0.05, 0.1) is 6.61 Å². The molecular weight excluding hydrogens is 333 g/mol. The molecular formula is C13H15Cl2F4NO. The highest BCUT2D eigenvalue weighted by Crippen LogP contribution is 2.24. The van der Waals surface area contributed by atoms with E-state index in [0.29, 0.717) is 16.5 Å². The Bertz CT molecular complexity index is 460. The molecule has 0 aliphatic carbocycles. The molecule has 0 aliphatic heterocycles. The van der Waals surface area contributed by atoms with Gasteiger partial charge in [0.25, 0.3) is 0 Å². The Morgan fingerprint density at radius 1 is 1.29 bits per heavy atom. The van der Waals surface area contributed by atoms with Crippen molar-refractivity contribution in [1.82, 2.24) is 5.32 Å². The molecule has 1 rings (SSSR count). The molecule has 0 saturated carbocycles. The second-order valence-electron chi connectivity index (χ2n) is 4.50. The highest BCUT2D eigenvalue weighted by atomic mass is 35.5. The van der Waals surface area contributed by atoms with E-state index in [1.807, 2.05) is 0 Å².